The highest BCUT2D eigenvalue weighted by atomic mass is 16.5. The van der Waals surface area contributed by atoms with Crippen molar-refractivity contribution < 1.29 is 14.3 Å². The first-order valence-electron chi connectivity index (χ1n) is 12.1. The van der Waals surface area contributed by atoms with Gasteiger partial charge in [0.1, 0.15) is 0 Å². The van der Waals surface area contributed by atoms with Crippen LogP contribution in [0.2, 0.25) is 0 Å². The van der Waals surface area contributed by atoms with Crippen LogP contribution in [0.5, 0.6) is 0 Å². The quantitative estimate of drug-likeness (QED) is 0.403. The molecule has 0 spiro atoms. The van der Waals surface area contributed by atoms with Crippen LogP contribution in [0.4, 0.5) is 0 Å². The number of hydrogen-bond donors (Lipinski definition) is 2. The number of hydrogen-bond acceptors (Lipinski definition) is 5. The van der Waals surface area contributed by atoms with E-state index in [1.807, 2.05) is 13.8 Å². The van der Waals surface area contributed by atoms with Crippen LogP contribution >= 0.6 is 0 Å². The maximum atomic E-state index is 12.3. The molecule has 0 unspecified atom stereocenters. The number of ether oxygens (including phenoxy) is 1. The molecule has 0 atom stereocenters. The maximum Gasteiger partial charge on any atom is 0.340 e. The van der Waals surface area contributed by atoms with E-state index in [9.17, 15) is 9.59 Å². The van der Waals surface area contributed by atoms with Crippen molar-refractivity contribution in [3.8, 4) is 0 Å². The number of carbonyl (C=O) groups excluding carboxylic acids is 2. The minimum Gasteiger partial charge on any atom is -0.462 e. The van der Waals surface area contributed by atoms with Crippen LogP contribution in [0.15, 0.2) is 30.3 Å². The van der Waals surface area contributed by atoms with Gasteiger partial charge in [-0.1, -0.05) is 30.3 Å². The van der Waals surface area contributed by atoms with Crippen LogP contribution in [0.1, 0.15) is 52.6 Å². The first-order chi connectivity index (χ1) is 16.0. The fraction of sp³-hybridized carbons (Fsp3) is 0.538. The second kappa shape index (κ2) is 12.6. The highest BCUT2D eigenvalue weighted by Gasteiger charge is 2.20. The zero-order valence-corrected chi connectivity index (χ0v) is 20.3. The zero-order chi connectivity index (χ0) is 23.6. The van der Waals surface area contributed by atoms with Gasteiger partial charge in [-0.25, -0.2) is 4.79 Å². The first-order valence-corrected chi connectivity index (χ1v) is 12.1. The Labute approximate surface area is 197 Å². The Bertz CT molecular complexity index is 902. The molecule has 1 aliphatic heterocycles. The summed E-state index contributed by atoms with van der Waals surface area (Å²) in [5.74, 6) is -0.257. The highest BCUT2D eigenvalue weighted by molar-refractivity contribution is 5.92. The van der Waals surface area contributed by atoms with E-state index in [0.717, 1.165) is 62.6 Å². The van der Waals surface area contributed by atoms with Crippen molar-refractivity contribution in [3.63, 3.8) is 0 Å². The second-order valence-electron chi connectivity index (χ2n) is 8.76. The molecular weight excluding hydrogens is 416 g/mol. The lowest BCUT2D eigenvalue weighted by Gasteiger charge is -2.34. The van der Waals surface area contributed by atoms with Gasteiger partial charge in [0.2, 0.25) is 5.91 Å². The predicted octanol–water partition coefficient (Wildman–Crippen LogP) is 3.06. The van der Waals surface area contributed by atoms with Crippen LogP contribution < -0.4 is 5.32 Å². The SMILES string of the molecule is CCOC(=O)c1c(C)[nH]c(CCC(=O)NCCCN2CCN(Cc3ccccc3)CC2)c1C. The Kier molecular flexibility index (Phi) is 9.51. The molecule has 3 rings (SSSR count). The summed E-state index contributed by atoms with van der Waals surface area (Å²) < 4.78 is 5.13. The smallest absolute Gasteiger partial charge is 0.340 e. The van der Waals surface area contributed by atoms with Crippen molar-refractivity contribution in [2.24, 2.45) is 0 Å². The minimum atomic E-state index is -0.305. The maximum absolute atomic E-state index is 12.3. The summed E-state index contributed by atoms with van der Waals surface area (Å²) >= 11 is 0. The molecule has 33 heavy (non-hydrogen) atoms. The number of carbonyl (C=O) groups is 2. The van der Waals surface area contributed by atoms with Gasteiger partial charge in [-0.2, -0.15) is 0 Å². The zero-order valence-electron chi connectivity index (χ0n) is 20.3. The average molecular weight is 455 g/mol. The van der Waals surface area contributed by atoms with Gasteiger partial charge in [-0.3, -0.25) is 9.69 Å². The Morgan fingerprint density at radius 2 is 1.76 bits per heavy atom. The van der Waals surface area contributed by atoms with Crippen LogP contribution in [-0.2, 0) is 22.5 Å². The number of amides is 1. The monoisotopic (exact) mass is 454 g/mol. The number of aromatic amines is 1. The summed E-state index contributed by atoms with van der Waals surface area (Å²) in [6.07, 6.45) is 1.95. The Morgan fingerprint density at radius 1 is 1.06 bits per heavy atom. The van der Waals surface area contributed by atoms with Crippen molar-refractivity contribution in [3.05, 3.63) is 58.4 Å². The van der Waals surface area contributed by atoms with E-state index >= 15 is 0 Å². The number of piperazine rings is 1. The third-order valence-corrected chi connectivity index (χ3v) is 6.31. The second-order valence-corrected chi connectivity index (χ2v) is 8.76. The van der Waals surface area contributed by atoms with Gasteiger partial charge in [-0.05, 0) is 51.3 Å². The Balaban J connectivity index is 1.30. The highest BCUT2D eigenvalue weighted by Crippen LogP contribution is 2.20. The van der Waals surface area contributed by atoms with Crippen molar-refractivity contribution in [1.29, 1.82) is 0 Å². The van der Waals surface area contributed by atoms with E-state index in [1.165, 1.54) is 5.56 Å². The van der Waals surface area contributed by atoms with Gasteiger partial charge in [-0.15, -0.1) is 0 Å². The van der Waals surface area contributed by atoms with Gasteiger partial charge >= 0.3 is 5.97 Å². The molecule has 2 aromatic rings. The third kappa shape index (κ3) is 7.44. The fourth-order valence-electron chi connectivity index (χ4n) is 4.44. The van der Waals surface area contributed by atoms with Gasteiger partial charge in [0.15, 0.2) is 0 Å². The molecule has 7 heteroatoms. The van der Waals surface area contributed by atoms with Gasteiger partial charge in [0, 0.05) is 57.1 Å². The van der Waals surface area contributed by atoms with Gasteiger partial charge < -0.3 is 19.9 Å². The summed E-state index contributed by atoms with van der Waals surface area (Å²) in [5, 5.41) is 3.04. The minimum absolute atomic E-state index is 0.0482. The molecule has 1 saturated heterocycles. The number of nitrogens with one attached hydrogen (secondary N) is 2. The number of rotatable bonds is 11. The first kappa shape index (κ1) is 25.0. The van der Waals surface area contributed by atoms with Crippen molar-refractivity contribution >= 4 is 11.9 Å². The van der Waals surface area contributed by atoms with E-state index in [0.29, 0.717) is 31.6 Å². The number of H-pyrrole nitrogens is 1. The summed E-state index contributed by atoms with van der Waals surface area (Å²) in [7, 11) is 0. The predicted molar refractivity (Wildman–Crippen MR) is 130 cm³/mol. The molecule has 1 fully saturated rings. The topological polar surface area (TPSA) is 77.7 Å². The third-order valence-electron chi connectivity index (χ3n) is 6.31. The van der Waals surface area contributed by atoms with Gasteiger partial charge in [0.25, 0.3) is 0 Å². The van der Waals surface area contributed by atoms with Crippen molar-refractivity contribution in [2.45, 2.75) is 46.6 Å². The molecule has 1 aliphatic rings. The molecule has 7 nitrogen and oxygen atoms in total. The standard InChI is InChI=1S/C26H38N4O3/c1-4-33-26(32)25-20(2)23(28-21(25)3)11-12-24(31)27-13-8-14-29-15-17-30(18-16-29)19-22-9-6-5-7-10-22/h5-7,9-10,28H,4,8,11-19H2,1-3H3,(H,27,31). The molecule has 0 bridgehead atoms. The van der Waals surface area contributed by atoms with Crippen LogP contribution in [-0.4, -0.2) is 72.5 Å². The van der Waals surface area contributed by atoms with Gasteiger partial charge in [0.05, 0.1) is 12.2 Å². The summed E-state index contributed by atoms with van der Waals surface area (Å²) in [5.41, 5.74) is 4.57. The largest absolute Gasteiger partial charge is 0.462 e. The van der Waals surface area contributed by atoms with Crippen LogP contribution in [0, 0.1) is 13.8 Å². The number of esters is 1. The fourth-order valence-corrected chi connectivity index (χ4v) is 4.44. The normalized spacial score (nSPS) is 14.9. The van der Waals surface area contributed by atoms with E-state index in [-0.39, 0.29) is 11.9 Å². The van der Waals surface area contributed by atoms with Crippen LogP contribution in [0.25, 0.3) is 0 Å². The lowest BCUT2D eigenvalue weighted by molar-refractivity contribution is -0.121. The lowest BCUT2D eigenvalue weighted by Crippen LogP contribution is -2.46. The molecule has 2 heterocycles. The molecule has 1 amide bonds. The molecule has 0 saturated carbocycles. The summed E-state index contributed by atoms with van der Waals surface area (Å²) in [6, 6.07) is 10.6. The molecule has 1 aromatic heterocycles. The van der Waals surface area contributed by atoms with E-state index in [4.69, 9.17) is 4.74 Å². The Hall–Kier alpha value is -2.64. The van der Waals surface area contributed by atoms with E-state index < -0.39 is 0 Å². The average Bonchev–Trinajstić information content (AvgIpc) is 3.10. The number of aromatic nitrogens is 1. The summed E-state index contributed by atoms with van der Waals surface area (Å²) in [6.45, 7) is 13.0. The van der Waals surface area contributed by atoms with Crippen molar-refractivity contribution in [1.82, 2.24) is 20.1 Å². The molecule has 1 aromatic carbocycles. The van der Waals surface area contributed by atoms with Crippen LogP contribution in [0.3, 0.4) is 0 Å². The van der Waals surface area contributed by atoms with Crippen molar-refractivity contribution in [2.75, 3.05) is 45.9 Å². The molecule has 0 aliphatic carbocycles. The lowest BCUT2D eigenvalue weighted by atomic mass is 10.1. The van der Waals surface area contributed by atoms with E-state index in [2.05, 4.69) is 50.4 Å². The summed E-state index contributed by atoms with van der Waals surface area (Å²) in [4.78, 5) is 32.6. The molecule has 180 valence electrons. The van der Waals surface area contributed by atoms with E-state index in [1.54, 1.807) is 6.92 Å². The Morgan fingerprint density at radius 3 is 2.45 bits per heavy atom. The molecular formula is C26H38N4O3. The number of nitrogens with zero attached hydrogens (tertiary/aromatic N) is 2. The number of benzene rings is 1. The molecule has 2 N–H and O–H groups in total. The number of aryl methyl sites for hydroxylation is 2. The molecule has 0 radical (unpaired) electrons.